The lowest BCUT2D eigenvalue weighted by molar-refractivity contribution is 0.106. The van der Waals surface area contributed by atoms with Gasteiger partial charge in [-0.15, -0.1) is 0 Å². The second-order valence-electron chi connectivity index (χ2n) is 2.65. The van der Waals surface area contributed by atoms with Crippen LogP contribution in [0.4, 0.5) is 0 Å². The molecule has 8 heavy (non-hydrogen) atoms. The van der Waals surface area contributed by atoms with Crippen molar-refractivity contribution in [2.45, 2.75) is 6.92 Å². The van der Waals surface area contributed by atoms with Crippen molar-refractivity contribution in [3.63, 3.8) is 0 Å². The van der Waals surface area contributed by atoms with Crippen molar-refractivity contribution < 1.29 is 0 Å². The molecule has 0 bridgehead atoms. The average Bonchev–Trinajstić information content (AvgIpc) is 1.64. The van der Waals surface area contributed by atoms with E-state index in [2.05, 4.69) is 17.1 Å². The topological polar surface area (TPSA) is 15.3 Å². The highest BCUT2D eigenvalue weighted by Crippen LogP contribution is 2.11. The summed E-state index contributed by atoms with van der Waals surface area (Å²) in [4.78, 5) is 2.39. The second kappa shape index (κ2) is 2.46. The maximum Gasteiger partial charge on any atom is 0.0478 e. The lowest BCUT2D eigenvalue weighted by Crippen LogP contribution is -2.48. The van der Waals surface area contributed by atoms with Crippen LogP contribution >= 0.6 is 0 Å². The van der Waals surface area contributed by atoms with E-state index in [1.807, 2.05) is 7.05 Å². The summed E-state index contributed by atoms with van der Waals surface area (Å²) < 4.78 is 0. The SMILES string of the molecule is CNCN1CC(C)C1. The van der Waals surface area contributed by atoms with Crippen LogP contribution in [-0.2, 0) is 0 Å². The molecule has 1 saturated heterocycles. The van der Waals surface area contributed by atoms with E-state index >= 15 is 0 Å². The fourth-order valence-corrected chi connectivity index (χ4v) is 1.18. The van der Waals surface area contributed by atoms with E-state index in [9.17, 15) is 0 Å². The maximum absolute atomic E-state index is 3.12. The first-order valence-electron chi connectivity index (χ1n) is 3.20. The van der Waals surface area contributed by atoms with Gasteiger partial charge in [-0.05, 0) is 13.0 Å². The van der Waals surface area contributed by atoms with Gasteiger partial charge in [-0.25, -0.2) is 0 Å². The molecule has 0 aromatic heterocycles. The van der Waals surface area contributed by atoms with Gasteiger partial charge >= 0.3 is 0 Å². The third kappa shape index (κ3) is 1.20. The van der Waals surface area contributed by atoms with Gasteiger partial charge in [0.1, 0.15) is 0 Å². The highest BCUT2D eigenvalue weighted by molar-refractivity contribution is 4.74. The van der Waals surface area contributed by atoms with Gasteiger partial charge in [-0.3, -0.25) is 4.90 Å². The predicted octanol–water partition coefficient (Wildman–Crippen LogP) is 0.115. The van der Waals surface area contributed by atoms with Gasteiger partial charge < -0.3 is 5.32 Å². The summed E-state index contributed by atoms with van der Waals surface area (Å²) in [6.07, 6.45) is 0. The summed E-state index contributed by atoms with van der Waals surface area (Å²) in [6, 6.07) is 0. The van der Waals surface area contributed by atoms with Crippen LogP contribution in [0.5, 0.6) is 0 Å². The van der Waals surface area contributed by atoms with Crippen LogP contribution in [0, 0.1) is 5.92 Å². The summed E-state index contributed by atoms with van der Waals surface area (Å²) in [5.74, 6) is 0.934. The molecule has 0 atom stereocenters. The third-order valence-electron chi connectivity index (χ3n) is 1.52. The molecule has 2 nitrogen and oxygen atoms in total. The van der Waals surface area contributed by atoms with E-state index in [4.69, 9.17) is 0 Å². The molecule has 1 fully saturated rings. The summed E-state index contributed by atoms with van der Waals surface area (Å²) in [5, 5.41) is 3.12. The van der Waals surface area contributed by atoms with Crippen LogP contribution in [0.1, 0.15) is 6.92 Å². The normalized spacial score (nSPS) is 23.2. The summed E-state index contributed by atoms with van der Waals surface area (Å²) in [5.41, 5.74) is 0. The van der Waals surface area contributed by atoms with Crippen LogP contribution in [0.2, 0.25) is 0 Å². The Balaban J connectivity index is 1.98. The van der Waals surface area contributed by atoms with Crippen molar-refractivity contribution in [1.82, 2.24) is 10.2 Å². The maximum atomic E-state index is 3.12. The molecule has 0 aromatic rings. The summed E-state index contributed by atoms with van der Waals surface area (Å²) >= 11 is 0. The van der Waals surface area contributed by atoms with Crippen LogP contribution in [0.25, 0.3) is 0 Å². The Kier molecular flexibility index (Phi) is 1.86. The first kappa shape index (κ1) is 6.05. The fourth-order valence-electron chi connectivity index (χ4n) is 1.18. The Hall–Kier alpha value is -0.0800. The Morgan fingerprint density at radius 1 is 1.62 bits per heavy atom. The monoisotopic (exact) mass is 114 g/mol. The minimum atomic E-state index is 0.934. The molecule has 0 aromatic carbocycles. The molecule has 0 radical (unpaired) electrons. The number of nitrogens with one attached hydrogen (secondary N) is 1. The highest BCUT2D eigenvalue weighted by Gasteiger charge is 2.20. The van der Waals surface area contributed by atoms with Crippen LogP contribution in [0.15, 0.2) is 0 Å². The van der Waals surface area contributed by atoms with Crippen LogP contribution < -0.4 is 5.32 Å². The van der Waals surface area contributed by atoms with Crippen molar-refractivity contribution in [3.05, 3.63) is 0 Å². The molecule has 2 heteroatoms. The van der Waals surface area contributed by atoms with Gasteiger partial charge in [0, 0.05) is 19.8 Å². The van der Waals surface area contributed by atoms with Gasteiger partial charge in [0.15, 0.2) is 0 Å². The van der Waals surface area contributed by atoms with Crippen molar-refractivity contribution >= 4 is 0 Å². The smallest absolute Gasteiger partial charge is 0.0478 e. The lowest BCUT2D eigenvalue weighted by Gasteiger charge is -2.36. The Morgan fingerprint density at radius 3 is 2.62 bits per heavy atom. The molecule has 1 rings (SSSR count). The minimum absolute atomic E-state index is 0.934. The summed E-state index contributed by atoms with van der Waals surface area (Å²) in [7, 11) is 1.99. The average molecular weight is 114 g/mol. The number of likely N-dealkylation sites (tertiary alicyclic amines) is 1. The first-order valence-corrected chi connectivity index (χ1v) is 3.20. The molecule has 0 saturated carbocycles. The van der Waals surface area contributed by atoms with Crippen molar-refractivity contribution in [2.75, 3.05) is 26.8 Å². The minimum Gasteiger partial charge on any atom is -0.307 e. The number of hydrogen-bond donors (Lipinski definition) is 1. The number of nitrogens with zero attached hydrogens (tertiary/aromatic N) is 1. The van der Waals surface area contributed by atoms with Gasteiger partial charge in [-0.1, -0.05) is 6.92 Å². The molecule has 0 spiro atoms. The van der Waals surface area contributed by atoms with Crippen molar-refractivity contribution in [2.24, 2.45) is 5.92 Å². The van der Waals surface area contributed by atoms with E-state index in [1.54, 1.807) is 0 Å². The zero-order valence-corrected chi connectivity index (χ0v) is 5.65. The van der Waals surface area contributed by atoms with Gasteiger partial charge in [-0.2, -0.15) is 0 Å². The van der Waals surface area contributed by atoms with Gasteiger partial charge in [0.25, 0.3) is 0 Å². The summed E-state index contributed by atoms with van der Waals surface area (Å²) in [6.45, 7) is 5.90. The van der Waals surface area contributed by atoms with E-state index in [0.717, 1.165) is 12.6 Å². The van der Waals surface area contributed by atoms with E-state index < -0.39 is 0 Å². The zero-order valence-electron chi connectivity index (χ0n) is 5.65. The van der Waals surface area contributed by atoms with Crippen LogP contribution in [-0.4, -0.2) is 31.7 Å². The van der Waals surface area contributed by atoms with E-state index in [0.29, 0.717) is 0 Å². The molecular formula is C6H14N2. The Morgan fingerprint density at radius 2 is 2.25 bits per heavy atom. The fraction of sp³-hybridized carbons (Fsp3) is 1.00. The molecule has 1 heterocycles. The number of hydrogen-bond acceptors (Lipinski definition) is 2. The van der Waals surface area contributed by atoms with E-state index in [1.165, 1.54) is 13.1 Å². The predicted molar refractivity (Wildman–Crippen MR) is 34.7 cm³/mol. The van der Waals surface area contributed by atoms with Crippen LogP contribution in [0.3, 0.4) is 0 Å². The number of rotatable bonds is 2. The molecule has 48 valence electrons. The molecule has 1 aliphatic heterocycles. The zero-order chi connectivity index (χ0) is 5.98. The standard InChI is InChI=1S/C6H14N2/c1-6-3-8(4-6)5-7-2/h6-7H,3-5H2,1-2H3. The second-order valence-corrected chi connectivity index (χ2v) is 2.65. The van der Waals surface area contributed by atoms with Gasteiger partial charge in [0.05, 0.1) is 0 Å². The molecule has 1 N–H and O–H groups in total. The third-order valence-corrected chi connectivity index (χ3v) is 1.52. The Labute approximate surface area is 50.9 Å². The molecule has 0 amide bonds. The largest absolute Gasteiger partial charge is 0.307 e. The quantitative estimate of drug-likeness (QED) is 0.548. The highest BCUT2D eigenvalue weighted by atomic mass is 15.3. The van der Waals surface area contributed by atoms with Crippen molar-refractivity contribution in [1.29, 1.82) is 0 Å². The van der Waals surface area contributed by atoms with E-state index in [-0.39, 0.29) is 0 Å². The molecule has 0 unspecified atom stereocenters. The van der Waals surface area contributed by atoms with Gasteiger partial charge in [0.2, 0.25) is 0 Å². The molecule has 1 aliphatic rings. The molecular weight excluding hydrogens is 100 g/mol. The Bertz CT molecular complexity index is 64.2. The first-order chi connectivity index (χ1) is 3.83. The lowest BCUT2D eigenvalue weighted by atomic mass is 10.0. The van der Waals surface area contributed by atoms with Crippen molar-refractivity contribution in [3.8, 4) is 0 Å². The molecule has 0 aliphatic carbocycles.